The molecule has 1 atom stereocenters. The minimum Gasteiger partial charge on any atom is -0.346 e. The summed E-state index contributed by atoms with van der Waals surface area (Å²) in [5.74, 6) is 0.175. The van der Waals surface area contributed by atoms with Gasteiger partial charge in [0.2, 0.25) is 11.8 Å². The molecule has 1 aromatic heterocycles. The Labute approximate surface area is 176 Å². The molecule has 0 spiro atoms. The maximum atomic E-state index is 13.2. The van der Waals surface area contributed by atoms with E-state index in [4.69, 9.17) is 0 Å². The Balaban J connectivity index is 1.46. The van der Waals surface area contributed by atoms with Crippen LogP contribution in [0.15, 0.2) is 29.6 Å². The van der Waals surface area contributed by atoms with Crippen LogP contribution in [-0.2, 0) is 16.0 Å². The second-order valence-electron chi connectivity index (χ2n) is 7.87. The van der Waals surface area contributed by atoms with E-state index in [1.54, 1.807) is 18.3 Å². The van der Waals surface area contributed by atoms with Gasteiger partial charge in [0, 0.05) is 45.0 Å². The highest BCUT2D eigenvalue weighted by Crippen LogP contribution is 2.33. The maximum Gasteiger partial charge on any atom is 0.225 e. The largest absolute Gasteiger partial charge is 0.346 e. The SMILES string of the molecule is CC(=O)N1CCc2ccccc2C1CC(=O)N1CCCN(c2nc(C)cs2)CC1. The number of thiazole rings is 1. The molecule has 1 unspecified atom stereocenters. The number of aryl methyl sites for hydroxylation is 1. The van der Waals surface area contributed by atoms with Gasteiger partial charge in [-0.15, -0.1) is 11.3 Å². The molecule has 2 amide bonds. The lowest BCUT2D eigenvalue weighted by Gasteiger charge is -2.37. The predicted molar refractivity (Wildman–Crippen MR) is 115 cm³/mol. The average molecular weight is 413 g/mol. The van der Waals surface area contributed by atoms with Gasteiger partial charge in [0.1, 0.15) is 0 Å². The summed E-state index contributed by atoms with van der Waals surface area (Å²) >= 11 is 1.67. The summed E-state index contributed by atoms with van der Waals surface area (Å²) in [6.45, 7) is 7.47. The second-order valence-corrected chi connectivity index (χ2v) is 8.71. The lowest BCUT2D eigenvalue weighted by Crippen LogP contribution is -2.42. The van der Waals surface area contributed by atoms with Gasteiger partial charge in [0.15, 0.2) is 5.13 Å². The first-order valence-electron chi connectivity index (χ1n) is 10.3. The molecule has 154 valence electrons. The van der Waals surface area contributed by atoms with E-state index in [0.29, 0.717) is 19.5 Å². The number of rotatable bonds is 3. The van der Waals surface area contributed by atoms with Crippen molar-refractivity contribution in [3.63, 3.8) is 0 Å². The summed E-state index contributed by atoms with van der Waals surface area (Å²) in [5, 5.41) is 3.11. The summed E-state index contributed by atoms with van der Waals surface area (Å²) < 4.78 is 0. The van der Waals surface area contributed by atoms with E-state index < -0.39 is 0 Å². The van der Waals surface area contributed by atoms with Gasteiger partial charge >= 0.3 is 0 Å². The summed E-state index contributed by atoms with van der Waals surface area (Å²) in [6, 6.07) is 8.05. The monoisotopic (exact) mass is 412 g/mol. The van der Waals surface area contributed by atoms with Crippen LogP contribution in [0.5, 0.6) is 0 Å². The van der Waals surface area contributed by atoms with Gasteiger partial charge in [0.05, 0.1) is 18.2 Å². The van der Waals surface area contributed by atoms with E-state index in [1.807, 2.05) is 28.9 Å². The Hall–Kier alpha value is -2.41. The van der Waals surface area contributed by atoms with Crippen molar-refractivity contribution in [3.8, 4) is 0 Å². The number of carbonyl (C=O) groups excluding carboxylic acids is 2. The van der Waals surface area contributed by atoms with E-state index in [0.717, 1.165) is 48.9 Å². The van der Waals surface area contributed by atoms with Crippen LogP contribution in [-0.4, -0.2) is 59.3 Å². The van der Waals surface area contributed by atoms with Crippen molar-refractivity contribution in [1.29, 1.82) is 0 Å². The second kappa shape index (κ2) is 8.53. The number of carbonyl (C=O) groups is 2. The highest BCUT2D eigenvalue weighted by molar-refractivity contribution is 7.13. The molecule has 2 aliphatic rings. The molecule has 4 rings (SSSR count). The van der Waals surface area contributed by atoms with Gasteiger partial charge in [-0.25, -0.2) is 4.98 Å². The van der Waals surface area contributed by atoms with Crippen LogP contribution in [0.1, 0.15) is 42.6 Å². The Morgan fingerprint density at radius 2 is 1.97 bits per heavy atom. The third-order valence-electron chi connectivity index (χ3n) is 5.91. The minimum atomic E-state index is -0.161. The topological polar surface area (TPSA) is 56.8 Å². The van der Waals surface area contributed by atoms with Gasteiger partial charge in [-0.05, 0) is 30.9 Å². The van der Waals surface area contributed by atoms with Crippen LogP contribution in [0.25, 0.3) is 0 Å². The fourth-order valence-corrected chi connectivity index (χ4v) is 5.25. The molecule has 2 aliphatic heterocycles. The number of nitrogens with zero attached hydrogens (tertiary/aromatic N) is 4. The molecule has 0 saturated carbocycles. The Kier molecular flexibility index (Phi) is 5.85. The lowest BCUT2D eigenvalue weighted by molar-refractivity contribution is -0.136. The first-order valence-corrected chi connectivity index (χ1v) is 11.2. The molecule has 7 heteroatoms. The minimum absolute atomic E-state index is 0.0403. The number of hydrogen-bond acceptors (Lipinski definition) is 5. The van der Waals surface area contributed by atoms with Crippen molar-refractivity contribution in [2.24, 2.45) is 0 Å². The molecule has 1 saturated heterocycles. The smallest absolute Gasteiger partial charge is 0.225 e. The molecule has 0 bridgehead atoms. The maximum absolute atomic E-state index is 13.2. The first-order chi connectivity index (χ1) is 14.0. The Morgan fingerprint density at radius 3 is 2.72 bits per heavy atom. The first kappa shape index (κ1) is 19.9. The van der Waals surface area contributed by atoms with Crippen LogP contribution in [0, 0.1) is 6.92 Å². The number of fused-ring (bicyclic) bond motifs is 1. The number of benzene rings is 1. The van der Waals surface area contributed by atoms with Crippen molar-refractivity contribution >= 4 is 28.3 Å². The molecular weight excluding hydrogens is 384 g/mol. The standard InChI is InChI=1S/C22H28N4O2S/c1-16-15-29-22(23-16)25-10-5-9-24(12-13-25)21(28)14-20-19-7-4-3-6-18(19)8-11-26(20)17(2)27/h3-4,6-7,15,20H,5,8-14H2,1-2H3. The number of anilines is 1. The summed E-state index contributed by atoms with van der Waals surface area (Å²) in [6.07, 6.45) is 2.14. The summed E-state index contributed by atoms with van der Waals surface area (Å²) in [4.78, 5) is 36.1. The molecule has 1 aromatic carbocycles. The summed E-state index contributed by atoms with van der Waals surface area (Å²) in [5.41, 5.74) is 3.42. The molecule has 3 heterocycles. The van der Waals surface area contributed by atoms with Gasteiger partial charge < -0.3 is 14.7 Å². The van der Waals surface area contributed by atoms with E-state index >= 15 is 0 Å². The van der Waals surface area contributed by atoms with Crippen molar-refractivity contribution in [2.45, 2.75) is 39.2 Å². The van der Waals surface area contributed by atoms with Crippen LogP contribution < -0.4 is 4.90 Å². The third kappa shape index (κ3) is 4.29. The number of hydrogen-bond donors (Lipinski definition) is 0. The molecule has 0 N–H and O–H groups in total. The van der Waals surface area contributed by atoms with Gasteiger partial charge in [-0.3, -0.25) is 9.59 Å². The van der Waals surface area contributed by atoms with Crippen LogP contribution >= 0.6 is 11.3 Å². The van der Waals surface area contributed by atoms with E-state index in [9.17, 15) is 9.59 Å². The molecule has 1 fully saturated rings. The molecule has 2 aromatic rings. The van der Waals surface area contributed by atoms with Crippen molar-refractivity contribution in [2.75, 3.05) is 37.6 Å². The van der Waals surface area contributed by atoms with Crippen LogP contribution in [0.2, 0.25) is 0 Å². The number of aromatic nitrogens is 1. The fourth-order valence-electron chi connectivity index (χ4n) is 4.39. The zero-order valence-corrected chi connectivity index (χ0v) is 18.0. The van der Waals surface area contributed by atoms with Crippen molar-refractivity contribution in [3.05, 3.63) is 46.5 Å². The highest BCUT2D eigenvalue weighted by Gasteiger charge is 2.32. The van der Waals surface area contributed by atoms with Crippen molar-refractivity contribution < 1.29 is 9.59 Å². The zero-order chi connectivity index (χ0) is 20.4. The highest BCUT2D eigenvalue weighted by atomic mass is 32.1. The Bertz CT molecular complexity index is 896. The van der Waals surface area contributed by atoms with E-state index in [2.05, 4.69) is 27.4 Å². The van der Waals surface area contributed by atoms with Crippen LogP contribution in [0.4, 0.5) is 5.13 Å². The van der Waals surface area contributed by atoms with Gasteiger partial charge in [-0.2, -0.15) is 0 Å². The third-order valence-corrected chi connectivity index (χ3v) is 6.93. The van der Waals surface area contributed by atoms with Gasteiger partial charge in [0.25, 0.3) is 0 Å². The van der Waals surface area contributed by atoms with Crippen LogP contribution in [0.3, 0.4) is 0 Å². The quantitative estimate of drug-likeness (QED) is 0.778. The Morgan fingerprint density at radius 1 is 1.14 bits per heavy atom. The molecule has 0 aliphatic carbocycles. The van der Waals surface area contributed by atoms with Gasteiger partial charge in [-0.1, -0.05) is 24.3 Å². The normalized spacial score (nSPS) is 19.7. The average Bonchev–Trinajstić information content (AvgIpc) is 2.99. The molecular formula is C22H28N4O2S. The predicted octanol–water partition coefficient (Wildman–Crippen LogP) is 3.03. The fraction of sp³-hybridized carbons (Fsp3) is 0.500. The zero-order valence-electron chi connectivity index (χ0n) is 17.1. The van der Waals surface area contributed by atoms with E-state index in [1.165, 1.54) is 5.56 Å². The lowest BCUT2D eigenvalue weighted by atomic mass is 9.90. The molecule has 29 heavy (non-hydrogen) atoms. The molecule has 6 nitrogen and oxygen atoms in total. The number of amides is 2. The van der Waals surface area contributed by atoms with E-state index in [-0.39, 0.29) is 17.9 Å². The van der Waals surface area contributed by atoms with Crippen molar-refractivity contribution in [1.82, 2.24) is 14.8 Å². The molecule has 0 radical (unpaired) electrons. The summed E-state index contributed by atoms with van der Waals surface area (Å²) in [7, 11) is 0.